The van der Waals surface area contributed by atoms with Crippen molar-refractivity contribution in [1.82, 2.24) is 10.0 Å². The lowest BCUT2D eigenvalue weighted by atomic mass is 10.1. The van der Waals surface area contributed by atoms with Crippen LogP contribution in [0.15, 0.2) is 53.4 Å². The van der Waals surface area contributed by atoms with Gasteiger partial charge in [0.15, 0.2) is 0 Å². The normalized spacial score (nSPS) is 12.6. The zero-order valence-corrected chi connectivity index (χ0v) is 16.8. The van der Waals surface area contributed by atoms with Crippen LogP contribution < -0.4 is 14.8 Å². The lowest BCUT2D eigenvalue weighted by Crippen LogP contribution is -2.31. The number of hydrogen-bond acceptors (Lipinski definition) is 4. The molecule has 2 rings (SSSR count). The van der Waals surface area contributed by atoms with E-state index in [2.05, 4.69) is 10.0 Å². The van der Waals surface area contributed by atoms with Gasteiger partial charge in [-0.1, -0.05) is 18.2 Å². The van der Waals surface area contributed by atoms with Crippen molar-refractivity contribution in [2.24, 2.45) is 0 Å². The summed E-state index contributed by atoms with van der Waals surface area (Å²) in [5.74, 6) is 0.438. The van der Waals surface area contributed by atoms with E-state index in [-0.39, 0.29) is 22.9 Å². The smallest absolute Gasteiger partial charge is 0.251 e. The van der Waals surface area contributed by atoms with E-state index in [1.165, 1.54) is 12.1 Å². The van der Waals surface area contributed by atoms with Crippen molar-refractivity contribution in [3.63, 3.8) is 0 Å². The summed E-state index contributed by atoms with van der Waals surface area (Å²) in [5, 5.41) is 2.89. The van der Waals surface area contributed by atoms with Gasteiger partial charge in [-0.15, -0.1) is 0 Å². The van der Waals surface area contributed by atoms with E-state index >= 15 is 0 Å². The molecule has 0 saturated carbocycles. The van der Waals surface area contributed by atoms with E-state index in [1.807, 2.05) is 38.1 Å². The first kappa shape index (κ1) is 20.9. The Morgan fingerprint density at radius 1 is 1.07 bits per heavy atom. The van der Waals surface area contributed by atoms with E-state index in [9.17, 15) is 13.2 Å². The second-order valence-corrected chi connectivity index (χ2v) is 8.21. The van der Waals surface area contributed by atoms with Crippen LogP contribution in [-0.2, 0) is 10.0 Å². The first-order chi connectivity index (χ1) is 12.7. The van der Waals surface area contributed by atoms with Gasteiger partial charge in [0, 0.05) is 11.6 Å². The summed E-state index contributed by atoms with van der Waals surface area (Å²) in [4.78, 5) is 12.6. The molecule has 0 saturated heterocycles. The van der Waals surface area contributed by atoms with Crippen molar-refractivity contribution in [3.05, 3.63) is 59.7 Å². The number of sulfonamides is 1. The molecule has 2 N–H and O–H groups in total. The summed E-state index contributed by atoms with van der Waals surface area (Å²) in [6, 6.07) is 13.0. The van der Waals surface area contributed by atoms with E-state index in [1.54, 1.807) is 26.0 Å². The first-order valence-corrected chi connectivity index (χ1v) is 10.4. The maximum atomic E-state index is 12.5. The summed E-state index contributed by atoms with van der Waals surface area (Å²) < 4.78 is 32.5. The molecule has 0 bridgehead atoms. The third-order valence-corrected chi connectivity index (χ3v) is 5.49. The van der Waals surface area contributed by atoms with Crippen LogP contribution in [0.1, 0.15) is 49.7 Å². The summed E-state index contributed by atoms with van der Waals surface area (Å²) in [7, 11) is -3.65. The maximum absolute atomic E-state index is 12.5. The molecule has 2 aromatic carbocycles. The highest BCUT2D eigenvalue weighted by Gasteiger charge is 2.18. The molecule has 2 aromatic rings. The van der Waals surface area contributed by atoms with Gasteiger partial charge in [0.2, 0.25) is 10.0 Å². The minimum Gasteiger partial charge on any atom is -0.494 e. The molecule has 0 spiro atoms. The largest absolute Gasteiger partial charge is 0.494 e. The molecular weight excluding hydrogens is 364 g/mol. The number of benzene rings is 2. The predicted octanol–water partition coefficient (Wildman–Crippen LogP) is 3.26. The average Bonchev–Trinajstić information content (AvgIpc) is 2.61. The Kier molecular flexibility index (Phi) is 6.98. The third kappa shape index (κ3) is 5.80. The Labute approximate surface area is 161 Å². The molecule has 0 radical (unpaired) electrons. The minimum atomic E-state index is -3.65. The van der Waals surface area contributed by atoms with Gasteiger partial charge in [-0.2, -0.15) is 0 Å². The number of carbonyl (C=O) groups is 1. The predicted molar refractivity (Wildman–Crippen MR) is 105 cm³/mol. The summed E-state index contributed by atoms with van der Waals surface area (Å²) in [5.41, 5.74) is 1.22. The topological polar surface area (TPSA) is 84.5 Å². The van der Waals surface area contributed by atoms with E-state index in [4.69, 9.17) is 4.74 Å². The number of ether oxygens (including phenoxy) is 1. The van der Waals surface area contributed by atoms with Crippen LogP contribution >= 0.6 is 0 Å². The zero-order chi connectivity index (χ0) is 20.0. The Balaban J connectivity index is 2.12. The molecule has 1 atom stereocenters. The quantitative estimate of drug-likeness (QED) is 0.725. The molecule has 1 amide bonds. The van der Waals surface area contributed by atoms with Gasteiger partial charge in [0.25, 0.3) is 5.91 Å². The molecular formula is C20H26N2O4S. The Bertz CT molecular complexity index is 877. The summed E-state index contributed by atoms with van der Waals surface area (Å²) in [6.45, 7) is 7.87. The van der Waals surface area contributed by atoms with Crippen molar-refractivity contribution in [2.45, 2.75) is 44.7 Å². The highest BCUT2D eigenvalue weighted by Crippen LogP contribution is 2.19. The fraction of sp³-hybridized carbons (Fsp3) is 0.350. The summed E-state index contributed by atoms with van der Waals surface area (Å²) in [6.07, 6.45) is 0. The van der Waals surface area contributed by atoms with E-state index in [0.717, 1.165) is 11.3 Å². The molecule has 0 aliphatic heterocycles. The Hall–Kier alpha value is -2.38. The fourth-order valence-corrected chi connectivity index (χ4v) is 3.86. The molecule has 0 aromatic heterocycles. The molecule has 1 unspecified atom stereocenters. The monoisotopic (exact) mass is 390 g/mol. The number of nitrogens with one attached hydrogen (secondary N) is 2. The van der Waals surface area contributed by atoms with Crippen LogP contribution in [0.5, 0.6) is 5.75 Å². The Morgan fingerprint density at radius 2 is 1.74 bits per heavy atom. The second-order valence-electron chi connectivity index (χ2n) is 6.50. The van der Waals surface area contributed by atoms with Crippen LogP contribution in [0.25, 0.3) is 0 Å². The second kappa shape index (κ2) is 9.01. The molecule has 7 heteroatoms. The van der Waals surface area contributed by atoms with Gasteiger partial charge in [0.1, 0.15) is 5.75 Å². The van der Waals surface area contributed by atoms with Gasteiger partial charge in [-0.25, -0.2) is 13.1 Å². The van der Waals surface area contributed by atoms with Crippen molar-refractivity contribution >= 4 is 15.9 Å². The fourth-order valence-electron chi connectivity index (χ4n) is 2.57. The SMILES string of the molecule is CCOc1ccc(C(C)NC(=O)c2cccc(S(=O)(=O)NC(C)C)c2)cc1. The first-order valence-electron chi connectivity index (χ1n) is 8.89. The molecule has 0 aliphatic rings. The molecule has 0 fully saturated rings. The van der Waals surface area contributed by atoms with Gasteiger partial charge in [0.05, 0.1) is 17.5 Å². The zero-order valence-electron chi connectivity index (χ0n) is 16.0. The van der Waals surface area contributed by atoms with Crippen molar-refractivity contribution in [1.29, 1.82) is 0 Å². The number of rotatable bonds is 8. The molecule has 146 valence electrons. The van der Waals surface area contributed by atoms with Crippen LogP contribution in [0, 0.1) is 0 Å². The van der Waals surface area contributed by atoms with Crippen LogP contribution in [0.4, 0.5) is 0 Å². The Morgan fingerprint density at radius 3 is 2.33 bits per heavy atom. The highest BCUT2D eigenvalue weighted by molar-refractivity contribution is 7.89. The van der Waals surface area contributed by atoms with Gasteiger partial charge >= 0.3 is 0 Å². The van der Waals surface area contributed by atoms with Crippen molar-refractivity contribution in [2.75, 3.05) is 6.61 Å². The number of amides is 1. The van der Waals surface area contributed by atoms with Crippen molar-refractivity contribution < 1.29 is 17.9 Å². The molecule has 0 aliphatic carbocycles. The molecule has 6 nitrogen and oxygen atoms in total. The molecule has 27 heavy (non-hydrogen) atoms. The number of carbonyl (C=O) groups excluding carboxylic acids is 1. The van der Waals surface area contributed by atoms with Gasteiger partial charge < -0.3 is 10.1 Å². The summed E-state index contributed by atoms with van der Waals surface area (Å²) >= 11 is 0. The average molecular weight is 391 g/mol. The highest BCUT2D eigenvalue weighted by atomic mass is 32.2. The van der Waals surface area contributed by atoms with E-state index in [0.29, 0.717) is 12.2 Å². The maximum Gasteiger partial charge on any atom is 0.251 e. The van der Waals surface area contributed by atoms with E-state index < -0.39 is 10.0 Å². The number of hydrogen-bond donors (Lipinski definition) is 2. The third-order valence-electron chi connectivity index (χ3n) is 3.84. The standard InChI is InChI=1S/C20H26N2O4S/c1-5-26-18-11-9-16(10-12-18)15(4)21-20(23)17-7-6-8-19(13-17)27(24,25)22-14(2)3/h6-15,22H,5H2,1-4H3,(H,21,23). The molecule has 0 heterocycles. The van der Waals surface area contributed by atoms with Crippen LogP contribution in [0.2, 0.25) is 0 Å². The van der Waals surface area contributed by atoms with Crippen LogP contribution in [0.3, 0.4) is 0 Å². The van der Waals surface area contributed by atoms with Gasteiger partial charge in [-0.05, 0) is 63.6 Å². The lowest BCUT2D eigenvalue weighted by Gasteiger charge is -2.16. The van der Waals surface area contributed by atoms with Crippen molar-refractivity contribution in [3.8, 4) is 5.75 Å². The van der Waals surface area contributed by atoms with Crippen LogP contribution in [-0.4, -0.2) is 27.0 Å². The van der Waals surface area contributed by atoms with Gasteiger partial charge in [-0.3, -0.25) is 4.79 Å². The lowest BCUT2D eigenvalue weighted by molar-refractivity contribution is 0.0939. The minimum absolute atomic E-state index is 0.0672.